The van der Waals surface area contributed by atoms with Crippen LogP contribution >= 0.6 is 42.5 Å². The van der Waals surface area contributed by atoms with E-state index in [4.69, 9.17) is 15.9 Å². The monoisotopic (exact) mass is 357 g/mol. The number of hydrogen-bond donors (Lipinski definition) is 0. The van der Waals surface area contributed by atoms with Crippen molar-refractivity contribution >= 4 is 51.6 Å². The number of benzene rings is 1. The third-order valence-corrected chi connectivity index (χ3v) is 4.34. The Morgan fingerprint density at radius 2 is 1.86 bits per heavy atom. The van der Waals surface area contributed by atoms with Gasteiger partial charge < -0.3 is 0 Å². The Bertz CT molecular complexity index is 521. The van der Waals surface area contributed by atoms with Gasteiger partial charge in [-0.1, -0.05) is 0 Å². The number of nitrogens with zero attached hydrogens (tertiary/aromatic N) is 1. The van der Waals surface area contributed by atoms with Crippen LogP contribution in [0.2, 0.25) is 0 Å². The van der Waals surface area contributed by atoms with Crippen molar-refractivity contribution in [3.8, 4) is 6.07 Å². The van der Waals surface area contributed by atoms with E-state index in [1.165, 1.54) is 12.1 Å². The van der Waals surface area contributed by atoms with Crippen molar-refractivity contribution < 1.29 is 8.42 Å². The summed E-state index contributed by atoms with van der Waals surface area (Å²) in [5.41, 5.74) is 0.215. The molecule has 7 heteroatoms. The molecule has 14 heavy (non-hydrogen) atoms. The lowest BCUT2D eigenvalue weighted by Crippen LogP contribution is -1.94. The van der Waals surface area contributed by atoms with Crippen molar-refractivity contribution in [1.82, 2.24) is 0 Å². The van der Waals surface area contributed by atoms with Crippen LogP contribution in [0, 0.1) is 11.3 Å². The minimum absolute atomic E-state index is 0.112. The van der Waals surface area contributed by atoms with Crippen molar-refractivity contribution in [3.63, 3.8) is 0 Å². The van der Waals surface area contributed by atoms with Gasteiger partial charge in [0.05, 0.1) is 10.5 Å². The zero-order valence-electron chi connectivity index (χ0n) is 6.46. The van der Waals surface area contributed by atoms with Crippen LogP contribution in [0.5, 0.6) is 0 Å². The van der Waals surface area contributed by atoms with E-state index in [1.807, 2.05) is 6.07 Å². The quantitative estimate of drug-likeness (QED) is 0.724. The average Bonchev–Trinajstić information content (AvgIpc) is 2.02. The molecule has 0 radical (unpaired) electrons. The highest BCUT2D eigenvalue weighted by atomic mass is 79.9. The molecule has 1 aromatic carbocycles. The van der Waals surface area contributed by atoms with Gasteiger partial charge in [0, 0.05) is 19.6 Å². The first kappa shape index (κ1) is 12.0. The standard InChI is InChI=1S/C7H2Br2ClNO2S/c8-5-2-6(9)7(14(10,12)13)1-4(5)3-11/h1-2H. The van der Waals surface area contributed by atoms with E-state index in [2.05, 4.69) is 31.9 Å². The van der Waals surface area contributed by atoms with Crippen LogP contribution in [0.1, 0.15) is 5.56 Å². The molecule has 0 atom stereocenters. The van der Waals surface area contributed by atoms with E-state index < -0.39 is 9.05 Å². The molecule has 74 valence electrons. The average molecular weight is 359 g/mol. The van der Waals surface area contributed by atoms with Crippen molar-refractivity contribution in [2.24, 2.45) is 0 Å². The van der Waals surface area contributed by atoms with Gasteiger partial charge >= 0.3 is 0 Å². The summed E-state index contributed by atoms with van der Waals surface area (Å²) < 4.78 is 22.9. The largest absolute Gasteiger partial charge is 0.262 e. The predicted molar refractivity (Wildman–Crippen MR) is 59.6 cm³/mol. The lowest BCUT2D eigenvalue weighted by atomic mass is 10.2. The van der Waals surface area contributed by atoms with Gasteiger partial charge in [0.1, 0.15) is 6.07 Å². The lowest BCUT2D eigenvalue weighted by Gasteiger charge is -2.02. The topological polar surface area (TPSA) is 57.9 Å². The summed E-state index contributed by atoms with van der Waals surface area (Å²) in [6.07, 6.45) is 0. The molecule has 0 aliphatic carbocycles. The van der Waals surface area contributed by atoms with Crippen LogP contribution in [0.4, 0.5) is 0 Å². The zero-order chi connectivity index (χ0) is 10.9. The normalized spacial score (nSPS) is 11.0. The Morgan fingerprint density at radius 3 is 2.29 bits per heavy atom. The molecule has 0 amide bonds. The van der Waals surface area contributed by atoms with Gasteiger partial charge in [0.25, 0.3) is 9.05 Å². The predicted octanol–water partition coefficient (Wildman–Crippen LogP) is 3.01. The summed E-state index contributed by atoms with van der Waals surface area (Å²) in [5.74, 6) is 0. The SMILES string of the molecule is N#Cc1cc(S(=O)(=O)Cl)c(Br)cc1Br. The molecule has 0 aromatic heterocycles. The zero-order valence-corrected chi connectivity index (χ0v) is 11.2. The van der Waals surface area contributed by atoms with Crippen molar-refractivity contribution in [1.29, 1.82) is 5.26 Å². The summed E-state index contributed by atoms with van der Waals surface area (Å²) in [7, 11) is 1.33. The second-order valence-electron chi connectivity index (χ2n) is 2.31. The maximum atomic E-state index is 11.0. The van der Waals surface area contributed by atoms with Crippen LogP contribution in [0.15, 0.2) is 26.0 Å². The van der Waals surface area contributed by atoms with E-state index in [-0.39, 0.29) is 10.5 Å². The molecule has 0 N–H and O–H groups in total. The number of nitriles is 1. The Balaban J connectivity index is 3.58. The van der Waals surface area contributed by atoms with Gasteiger partial charge in [0.2, 0.25) is 0 Å². The fourth-order valence-electron chi connectivity index (χ4n) is 0.802. The maximum Gasteiger partial charge on any atom is 0.262 e. The second-order valence-corrected chi connectivity index (χ2v) is 6.56. The van der Waals surface area contributed by atoms with Gasteiger partial charge in [-0.3, -0.25) is 0 Å². The fraction of sp³-hybridized carbons (Fsp3) is 0. The van der Waals surface area contributed by atoms with Crippen molar-refractivity contribution in [2.45, 2.75) is 4.90 Å². The third-order valence-electron chi connectivity index (χ3n) is 1.40. The summed E-state index contributed by atoms with van der Waals surface area (Å²) >= 11 is 6.16. The summed E-state index contributed by atoms with van der Waals surface area (Å²) in [5, 5.41) is 8.67. The third kappa shape index (κ3) is 2.48. The molecule has 0 bridgehead atoms. The van der Waals surface area contributed by atoms with Gasteiger partial charge in [-0.2, -0.15) is 5.26 Å². The molecule has 1 aromatic rings. The molecule has 0 heterocycles. The first-order valence-corrected chi connectivity index (χ1v) is 7.09. The first-order chi connectivity index (χ1) is 6.36. The van der Waals surface area contributed by atoms with Gasteiger partial charge in [0.15, 0.2) is 0 Å². The van der Waals surface area contributed by atoms with E-state index in [0.29, 0.717) is 8.95 Å². The fourth-order valence-corrected chi connectivity index (χ4v) is 3.74. The van der Waals surface area contributed by atoms with Crippen LogP contribution in [-0.2, 0) is 9.05 Å². The van der Waals surface area contributed by atoms with E-state index in [1.54, 1.807) is 0 Å². The molecule has 3 nitrogen and oxygen atoms in total. The molecule has 0 spiro atoms. The Morgan fingerprint density at radius 1 is 1.29 bits per heavy atom. The molecule has 0 unspecified atom stereocenters. The highest BCUT2D eigenvalue weighted by Crippen LogP contribution is 2.30. The van der Waals surface area contributed by atoms with Crippen LogP contribution < -0.4 is 0 Å². The Labute approximate surface area is 102 Å². The first-order valence-electron chi connectivity index (χ1n) is 3.20. The highest BCUT2D eigenvalue weighted by molar-refractivity contribution is 9.11. The van der Waals surface area contributed by atoms with Gasteiger partial charge in [-0.15, -0.1) is 0 Å². The number of halogens is 3. The highest BCUT2D eigenvalue weighted by Gasteiger charge is 2.16. The second kappa shape index (κ2) is 4.19. The number of hydrogen-bond acceptors (Lipinski definition) is 3. The molecule has 0 aliphatic rings. The number of rotatable bonds is 1. The molecular weight excluding hydrogens is 357 g/mol. The van der Waals surface area contributed by atoms with Crippen LogP contribution in [0.3, 0.4) is 0 Å². The molecule has 0 fully saturated rings. The summed E-state index contributed by atoms with van der Waals surface area (Å²) in [6, 6.07) is 4.52. The maximum absolute atomic E-state index is 11.0. The Hall–Kier alpha value is -0.0900. The minimum Gasteiger partial charge on any atom is -0.207 e. The van der Waals surface area contributed by atoms with E-state index in [0.717, 1.165) is 0 Å². The van der Waals surface area contributed by atoms with Crippen molar-refractivity contribution in [2.75, 3.05) is 0 Å². The van der Waals surface area contributed by atoms with E-state index in [9.17, 15) is 8.42 Å². The van der Waals surface area contributed by atoms with Crippen LogP contribution in [-0.4, -0.2) is 8.42 Å². The minimum atomic E-state index is -3.83. The van der Waals surface area contributed by atoms with Gasteiger partial charge in [-0.25, -0.2) is 8.42 Å². The molecular formula is C7H2Br2ClNO2S. The lowest BCUT2D eigenvalue weighted by molar-refractivity contribution is 0.609. The van der Waals surface area contributed by atoms with E-state index >= 15 is 0 Å². The Kier molecular flexibility index (Phi) is 3.58. The smallest absolute Gasteiger partial charge is 0.207 e. The van der Waals surface area contributed by atoms with Crippen LogP contribution in [0.25, 0.3) is 0 Å². The summed E-state index contributed by atoms with van der Waals surface area (Å²) in [4.78, 5) is -0.112. The molecule has 0 aliphatic heterocycles. The molecule has 0 saturated carbocycles. The summed E-state index contributed by atoms with van der Waals surface area (Å²) in [6.45, 7) is 0. The molecule has 1 rings (SSSR count). The van der Waals surface area contributed by atoms with Gasteiger partial charge in [-0.05, 0) is 44.0 Å². The molecule has 0 saturated heterocycles. The van der Waals surface area contributed by atoms with Crippen molar-refractivity contribution in [3.05, 3.63) is 26.6 Å².